The van der Waals surface area contributed by atoms with Crippen LogP contribution in [0.3, 0.4) is 0 Å². The smallest absolute Gasteiger partial charge is 0.339 e. The molecule has 238 valence electrons. The first kappa shape index (κ1) is 31.1. The van der Waals surface area contributed by atoms with Gasteiger partial charge in [-0.1, -0.05) is 19.4 Å². The molecule has 2 fully saturated rings. The van der Waals surface area contributed by atoms with Crippen LogP contribution in [0.5, 0.6) is 5.75 Å². The van der Waals surface area contributed by atoms with Gasteiger partial charge in [-0.3, -0.25) is 14.7 Å². The number of amides is 1. The highest BCUT2D eigenvalue weighted by molar-refractivity contribution is 6.00. The molecular formula is C36H41F2N3O4. The van der Waals surface area contributed by atoms with Gasteiger partial charge in [-0.25, -0.2) is 13.6 Å². The second kappa shape index (κ2) is 13.3. The van der Waals surface area contributed by atoms with E-state index in [-0.39, 0.29) is 11.9 Å². The van der Waals surface area contributed by atoms with Crippen molar-refractivity contribution >= 4 is 11.9 Å². The average molecular weight is 618 g/mol. The van der Waals surface area contributed by atoms with E-state index in [4.69, 9.17) is 14.5 Å². The maximum absolute atomic E-state index is 14.2. The molecule has 3 aliphatic rings. The summed E-state index contributed by atoms with van der Waals surface area (Å²) in [7, 11) is 1.35. The molecule has 1 aromatic heterocycles. The van der Waals surface area contributed by atoms with Crippen LogP contribution in [-0.4, -0.2) is 66.1 Å². The Balaban J connectivity index is 1.17. The average Bonchev–Trinajstić information content (AvgIpc) is 3.89. The van der Waals surface area contributed by atoms with Crippen molar-refractivity contribution in [3.63, 3.8) is 0 Å². The molecule has 45 heavy (non-hydrogen) atoms. The van der Waals surface area contributed by atoms with Crippen LogP contribution in [0.15, 0.2) is 36.4 Å². The van der Waals surface area contributed by atoms with Crippen LogP contribution in [0.1, 0.15) is 95.1 Å². The Morgan fingerprint density at radius 1 is 0.978 bits per heavy atom. The summed E-state index contributed by atoms with van der Waals surface area (Å²) in [4.78, 5) is 35.3. The Labute approximate surface area is 263 Å². The van der Waals surface area contributed by atoms with Crippen LogP contribution < -0.4 is 4.74 Å². The van der Waals surface area contributed by atoms with Gasteiger partial charge in [0.25, 0.3) is 5.91 Å². The van der Waals surface area contributed by atoms with Crippen molar-refractivity contribution < 1.29 is 27.8 Å². The van der Waals surface area contributed by atoms with Crippen LogP contribution in [-0.2, 0) is 24.1 Å². The first-order valence-electron chi connectivity index (χ1n) is 16.2. The Hall–Kier alpha value is -3.85. The van der Waals surface area contributed by atoms with Crippen molar-refractivity contribution in [1.82, 2.24) is 14.8 Å². The number of aromatic nitrogens is 1. The second-order valence-corrected chi connectivity index (χ2v) is 12.4. The van der Waals surface area contributed by atoms with Crippen LogP contribution >= 0.6 is 0 Å². The first-order valence-corrected chi connectivity index (χ1v) is 16.2. The lowest BCUT2D eigenvalue weighted by molar-refractivity contribution is 0.0542. The van der Waals surface area contributed by atoms with E-state index >= 15 is 0 Å². The fourth-order valence-corrected chi connectivity index (χ4v) is 6.85. The highest BCUT2D eigenvalue weighted by Crippen LogP contribution is 2.47. The van der Waals surface area contributed by atoms with Gasteiger partial charge in [0, 0.05) is 44.2 Å². The van der Waals surface area contributed by atoms with Gasteiger partial charge in [-0.2, -0.15) is 0 Å². The highest BCUT2D eigenvalue weighted by atomic mass is 19.2. The maximum Gasteiger partial charge on any atom is 0.339 e. The number of carbonyl (C=O) groups excluding carboxylic acids is 2. The van der Waals surface area contributed by atoms with Crippen molar-refractivity contribution in [2.24, 2.45) is 0 Å². The van der Waals surface area contributed by atoms with E-state index in [2.05, 4.69) is 11.0 Å². The Morgan fingerprint density at radius 3 is 2.42 bits per heavy atom. The van der Waals surface area contributed by atoms with Crippen LogP contribution in [0.4, 0.5) is 8.78 Å². The molecule has 1 saturated carbocycles. The molecule has 0 N–H and O–H groups in total. The fraction of sp³-hybridized carbons (Fsp3) is 0.472. The lowest BCUT2D eigenvalue weighted by atomic mass is 9.93. The number of piperidine rings is 1. The van der Waals surface area contributed by atoms with Gasteiger partial charge in [0.05, 0.1) is 36.2 Å². The SMILES string of the molecule is CCCc1nc2c(cc1C(=O)OC)C(=O)N(C1CCN(Cc3cc(C4CC4)c(-c4ccc(F)c(F)c4)cc3OCC)CC1)CC2. The molecule has 1 aliphatic carbocycles. The van der Waals surface area contributed by atoms with E-state index in [1.807, 2.05) is 24.8 Å². The predicted molar refractivity (Wildman–Crippen MR) is 168 cm³/mol. The highest BCUT2D eigenvalue weighted by Gasteiger charge is 2.35. The third-order valence-electron chi connectivity index (χ3n) is 9.33. The number of pyridine rings is 1. The molecule has 9 heteroatoms. The van der Waals surface area contributed by atoms with Crippen molar-refractivity contribution in [2.75, 3.05) is 33.4 Å². The molecule has 0 radical (unpaired) electrons. The van der Waals surface area contributed by atoms with Gasteiger partial charge in [0.15, 0.2) is 11.6 Å². The number of carbonyl (C=O) groups is 2. The summed E-state index contributed by atoms with van der Waals surface area (Å²) in [6, 6.07) is 10.1. The summed E-state index contributed by atoms with van der Waals surface area (Å²) < 4.78 is 38.9. The number of hydrogen-bond donors (Lipinski definition) is 0. The number of rotatable bonds is 10. The van der Waals surface area contributed by atoms with Crippen molar-refractivity contribution in [1.29, 1.82) is 0 Å². The lowest BCUT2D eigenvalue weighted by Crippen LogP contribution is -2.50. The number of esters is 1. The van der Waals surface area contributed by atoms with E-state index in [1.54, 1.807) is 12.1 Å². The number of fused-ring (bicyclic) bond motifs is 1. The third-order valence-corrected chi connectivity index (χ3v) is 9.33. The Bertz CT molecular complexity index is 1600. The standard InChI is InChI=1S/C36H41F2N3O4/c1-4-6-32-29(36(43)44-3)19-28-33(39-32)13-16-41(35(28)42)25-11-14-40(15-12-25)21-24-17-26(22-7-8-22)27(20-34(24)45-5-2)23-9-10-30(37)31(38)18-23/h9-10,17-20,22,25H,4-8,11-16,21H2,1-3H3. The van der Waals surface area contributed by atoms with Gasteiger partial charge in [0.1, 0.15) is 5.75 Å². The largest absolute Gasteiger partial charge is 0.494 e. The van der Waals surface area contributed by atoms with Gasteiger partial charge in [0.2, 0.25) is 0 Å². The molecule has 2 aliphatic heterocycles. The molecule has 0 unspecified atom stereocenters. The van der Waals surface area contributed by atoms with Crippen molar-refractivity contribution in [2.45, 2.75) is 77.3 Å². The van der Waals surface area contributed by atoms with E-state index in [9.17, 15) is 18.4 Å². The van der Waals surface area contributed by atoms with E-state index in [1.165, 1.54) is 19.2 Å². The number of hydrogen-bond acceptors (Lipinski definition) is 6. The zero-order valence-corrected chi connectivity index (χ0v) is 26.3. The second-order valence-electron chi connectivity index (χ2n) is 12.4. The molecule has 1 amide bonds. The van der Waals surface area contributed by atoms with Crippen molar-refractivity contribution in [3.05, 3.63) is 81.7 Å². The molecule has 0 bridgehead atoms. The number of methoxy groups -OCH3 is 1. The summed E-state index contributed by atoms with van der Waals surface area (Å²) in [5, 5.41) is 0. The minimum Gasteiger partial charge on any atom is -0.494 e. The zero-order chi connectivity index (χ0) is 31.7. The van der Waals surface area contributed by atoms with Crippen molar-refractivity contribution in [3.8, 4) is 16.9 Å². The molecule has 1 saturated heterocycles. The summed E-state index contributed by atoms with van der Waals surface area (Å²) >= 11 is 0. The minimum atomic E-state index is -0.851. The molecule has 0 atom stereocenters. The lowest BCUT2D eigenvalue weighted by Gasteiger charge is -2.40. The molecule has 3 aromatic rings. The summed E-state index contributed by atoms with van der Waals surface area (Å²) in [5.41, 5.74) is 6.18. The minimum absolute atomic E-state index is 0.0593. The normalized spacial score (nSPS) is 17.4. The van der Waals surface area contributed by atoms with E-state index in [0.717, 1.165) is 73.3 Å². The number of likely N-dealkylation sites (tertiary alicyclic amines) is 1. The van der Waals surface area contributed by atoms with Gasteiger partial charge in [-0.15, -0.1) is 0 Å². The summed E-state index contributed by atoms with van der Waals surface area (Å²) in [6.07, 6.45) is 6.04. The fourth-order valence-electron chi connectivity index (χ4n) is 6.85. The third kappa shape index (κ3) is 6.45. The monoisotopic (exact) mass is 617 g/mol. The van der Waals surface area contributed by atoms with Gasteiger partial charge in [-0.05, 0) is 92.0 Å². The van der Waals surface area contributed by atoms with Crippen LogP contribution in [0.2, 0.25) is 0 Å². The Kier molecular flexibility index (Phi) is 9.17. The van der Waals surface area contributed by atoms with Gasteiger partial charge < -0.3 is 14.4 Å². The van der Waals surface area contributed by atoms with Gasteiger partial charge >= 0.3 is 5.97 Å². The number of halogens is 2. The molecule has 6 rings (SSSR count). The summed E-state index contributed by atoms with van der Waals surface area (Å²) in [5.74, 6) is -1.04. The van der Waals surface area contributed by atoms with Crippen LogP contribution in [0.25, 0.3) is 11.1 Å². The number of ether oxygens (including phenoxy) is 2. The quantitative estimate of drug-likeness (QED) is 0.236. The maximum atomic E-state index is 14.2. The topological polar surface area (TPSA) is 72.0 Å². The molecular weight excluding hydrogens is 576 g/mol. The van der Waals surface area contributed by atoms with E-state index < -0.39 is 17.6 Å². The molecule has 3 heterocycles. The summed E-state index contributed by atoms with van der Waals surface area (Å²) in [6.45, 7) is 7.48. The molecule has 0 spiro atoms. The molecule has 7 nitrogen and oxygen atoms in total. The number of benzene rings is 2. The molecule has 2 aromatic carbocycles. The van der Waals surface area contributed by atoms with Crippen LogP contribution in [0, 0.1) is 11.6 Å². The number of aryl methyl sites for hydroxylation is 1. The Morgan fingerprint density at radius 2 is 1.76 bits per heavy atom. The number of nitrogens with zero attached hydrogens (tertiary/aromatic N) is 3. The zero-order valence-electron chi connectivity index (χ0n) is 26.3. The first-order chi connectivity index (χ1) is 21.8. The predicted octanol–water partition coefficient (Wildman–Crippen LogP) is 6.70. The van der Waals surface area contributed by atoms with E-state index in [0.29, 0.717) is 60.8 Å².